The summed E-state index contributed by atoms with van der Waals surface area (Å²) in [6.07, 6.45) is 0. The van der Waals surface area contributed by atoms with Crippen molar-refractivity contribution in [2.45, 2.75) is 13.2 Å². The number of rotatable bonds is 2. The Kier molecular flexibility index (Phi) is 2.93. The van der Waals surface area contributed by atoms with Gasteiger partial charge in [-0.15, -0.1) is 0 Å². The van der Waals surface area contributed by atoms with E-state index in [1.54, 1.807) is 12.1 Å². The van der Waals surface area contributed by atoms with Crippen molar-refractivity contribution < 1.29 is 9.53 Å². The van der Waals surface area contributed by atoms with Gasteiger partial charge < -0.3 is 15.8 Å². The first kappa shape index (κ1) is 11.7. The average Bonchev–Trinajstić information content (AvgIpc) is 2.88. The zero-order valence-corrected chi connectivity index (χ0v) is 10.3. The van der Waals surface area contributed by atoms with Crippen molar-refractivity contribution in [2.75, 3.05) is 11.1 Å². The number of para-hydroxylation sites is 2. The molecule has 0 unspecified atom stereocenters. The highest BCUT2D eigenvalue weighted by molar-refractivity contribution is 6.05. The number of nitrogens with two attached hydrogens (primary N) is 1. The lowest BCUT2D eigenvalue weighted by Crippen LogP contribution is -2.13. The predicted octanol–water partition coefficient (Wildman–Crippen LogP) is 2.55. The van der Waals surface area contributed by atoms with Gasteiger partial charge in [-0.25, -0.2) is 0 Å². The lowest BCUT2D eigenvalue weighted by molar-refractivity contribution is 0.102. The second-order valence-corrected chi connectivity index (χ2v) is 4.52. The van der Waals surface area contributed by atoms with Crippen molar-refractivity contribution in [1.29, 1.82) is 0 Å². The van der Waals surface area contributed by atoms with E-state index in [-0.39, 0.29) is 5.91 Å². The van der Waals surface area contributed by atoms with E-state index in [4.69, 9.17) is 10.5 Å². The minimum atomic E-state index is -0.160. The Hall–Kier alpha value is -2.33. The van der Waals surface area contributed by atoms with Crippen LogP contribution in [0.3, 0.4) is 0 Å². The monoisotopic (exact) mass is 254 g/mol. The minimum Gasteiger partial charge on any atom is -0.397 e. The van der Waals surface area contributed by atoms with Crippen molar-refractivity contribution in [3.8, 4) is 0 Å². The van der Waals surface area contributed by atoms with Gasteiger partial charge in [0.1, 0.15) is 0 Å². The van der Waals surface area contributed by atoms with Gasteiger partial charge in [0.05, 0.1) is 24.6 Å². The summed E-state index contributed by atoms with van der Waals surface area (Å²) < 4.78 is 5.34. The Morgan fingerprint density at radius 2 is 1.89 bits per heavy atom. The third-order valence-electron chi connectivity index (χ3n) is 3.19. The second-order valence-electron chi connectivity index (χ2n) is 4.52. The predicted molar refractivity (Wildman–Crippen MR) is 73.7 cm³/mol. The maximum Gasteiger partial charge on any atom is 0.255 e. The molecular formula is C15H14N2O2. The van der Waals surface area contributed by atoms with Gasteiger partial charge in [-0.2, -0.15) is 0 Å². The van der Waals surface area contributed by atoms with E-state index in [1.165, 1.54) is 0 Å². The average molecular weight is 254 g/mol. The number of amides is 1. The summed E-state index contributed by atoms with van der Waals surface area (Å²) in [5.74, 6) is -0.160. The van der Waals surface area contributed by atoms with E-state index in [9.17, 15) is 4.79 Å². The van der Waals surface area contributed by atoms with E-state index in [2.05, 4.69) is 5.32 Å². The Bertz CT molecular complexity index is 638. The van der Waals surface area contributed by atoms with Gasteiger partial charge in [-0.3, -0.25) is 4.79 Å². The molecule has 0 saturated carbocycles. The smallest absolute Gasteiger partial charge is 0.255 e. The summed E-state index contributed by atoms with van der Waals surface area (Å²) in [7, 11) is 0. The summed E-state index contributed by atoms with van der Waals surface area (Å²) in [6.45, 7) is 1.20. The van der Waals surface area contributed by atoms with Crippen LogP contribution in [0, 0.1) is 0 Å². The normalized spacial score (nSPS) is 13.1. The number of ether oxygens (including phenoxy) is 1. The molecule has 1 amide bonds. The molecule has 1 aliphatic heterocycles. The maximum absolute atomic E-state index is 12.2. The molecule has 0 atom stereocenters. The molecule has 19 heavy (non-hydrogen) atoms. The molecule has 0 saturated heterocycles. The fraction of sp³-hybridized carbons (Fsp3) is 0.133. The summed E-state index contributed by atoms with van der Waals surface area (Å²) in [5, 5.41) is 2.81. The molecule has 2 aromatic rings. The fourth-order valence-electron chi connectivity index (χ4n) is 2.12. The number of anilines is 2. The lowest BCUT2D eigenvalue weighted by atomic mass is 10.1. The fourth-order valence-corrected chi connectivity index (χ4v) is 2.12. The molecule has 3 N–H and O–H groups in total. The Morgan fingerprint density at radius 3 is 2.74 bits per heavy atom. The van der Waals surface area contributed by atoms with Crippen LogP contribution in [0.5, 0.6) is 0 Å². The van der Waals surface area contributed by atoms with Gasteiger partial charge in [0.25, 0.3) is 5.91 Å². The molecule has 0 aromatic heterocycles. The molecule has 3 rings (SSSR count). The minimum absolute atomic E-state index is 0.160. The molecule has 0 bridgehead atoms. The van der Waals surface area contributed by atoms with Gasteiger partial charge in [0, 0.05) is 5.56 Å². The molecule has 0 aliphatic carbocycles. The number of nitrogen functional groups attached to an aromatic ring is 1. The van der Waals surface area contributed by atoms with Gasteiger partial charge in [-0.1, -0.05) is 18.2 Å². The van der Waals surface area contributed by atoms with Crippen molar-refractivity contribution in [1.82, 2.24) is 0 Å². The van der Waals surface area contributed by atoms with Crippen LogP contribution in [-0.4, -0.2) is 5.91 Å². The summed E-state index contributed by atoms with van der Waals surface area (Å²) in [6, 6.07) is 12.8. The number of benzene rings is 2. The van der Waals surface area contributed by atoms with E-state index in [0.29, 0.717) is 30.2 Å². The van der Waals surface area contributed by atoms with E-state index in [1.807, 2.05) is 30.3 Å². The van der Waals surface area contributed by atoms with Crippen LogP contribution in [0.15, 0.2) is 42.5 Å². The molecule has 4 heteroatoms. The zero-order chi connectivity index (χ0) is 13.2. The number of nitrogens with one attached hydrogen (secondary N) is 1. The second kappa shape index (κ2) is 4.74. The molecule has 0 radical (unpaired) electrons. The van der Waals surface area contributed by atoms with Crippen LogP contribution in [0.2, 0.25) is 0 Å². The third kappa shape index (κ3) is 2.30. The highest BCUT2D eigenvalue weighted by atomic mass is 16.5. The Morgan fingerprint density at radius 1 is 1.11 bits per heavy atom. The largest absolute Gasteiger partial charge is 0.397 e. The Labute approximate surface area is 111 Å². The van der Waals surface area contributed by atoms with Crippen molar-refractivity contribution in [2.24, 2.45) is 0 Å². The van der Waals surface area contributed by atoms with E-state index < -0.39 is 0 Å². The highest BCUT2D eigenvalue weighted by Gasteiger charge is 2.14. The molecule has 4 nitrogen and oxygen atoms in total. The third-order valence-corrected chi connectivity index (χ3v) is 3.19. The maximum atomic E-state index is 12.2. The molecule has 2 aromatic carbocycles. The molecule has 96 valence electrons. The Balaban J connectivity index is 1.83. The quantitative estimate of drug-likeness (QED) is 0.809. The SMILES string of the molecule is Nc1ccccc1NC(=O)c1ccc2c(c1)COC2. The van der Waals surface area contributed by atoms with Gasteiger partial charge in [-0.05, 0) is 35.4 Å². The summed E-state index contributed by atoms with van der Waals surface area (Å²) in [5.41, 5.74) is 9.83. The number of hydrogen-bond donors (Lipinski definition) is 2. The molecule has 0 fully saturated rings. The van der Waals surface area contributed by atoms with Crippen LogP contribution in [-0.2, 0) is 18.0 Å². The summed E-state index contributed by atoms with van der Waals surface area (Å²) in [4.78, 5) is 12.2. The first-order valence-electron chi connectivity index (χ1n) is 6.09. The van der Waals surface area contributed by atoms with Crippen LogP contribution in [0.25, 0.3) is 0 Å². The first-order chi connectivity index (χ1) is 9.24. The lowest BCUT2D eigenvalue weighted by Gasteiger charge is -2.08. The highest BCUT2D eigenvalue weighted by Crippen LogP contribution is 2.22. The van der Waals surface area contributed by atoms with E-state index in [0.717, 1.165) is 11.1 Å². The summed E-state index contributed by atoms with van der Waals surface area (Å²) >= 11 is 0. The molecular weight excluding hydrogens is 240 g/mol. The number of carbonyl (C=O) groups excluding carboxylic acids is 1. The van der Waals surface area contributed by atoms with Crippen LogP contribution in [0.1, 0.15) is 21.5 Å². The standard InChI is InChI=1S/C15H14N2O2/c16-13-3-1-2-4-14(13)17-15(18)10-5-6-11-8-19-9-12(11)7-10/h1-7H,8-9,16H2,(H,17,18). The first-order valence-corrected chi connectivity index (χ1v) is 6.09. The number of carbonyl (C=O) groups is 1. The van der Waals surface area contributed by atoms with Crippen molar-refractivity contribution in [3.05, 3.63) is 59.2 Å². The molecule has 0 spiro atoms. The van der Waals surface area contributed by atoms with Crippen molar-refractivity contribution in [3.63, 3.8) is 0 Å². The van der Waals surface area contributed by atoms with Crippen LogP contribution in [0.4, 0.5) is 11.4 Å². The van der Waals surface area contributed by atoms with Crippen molar-refractivity contribution >= 4 is 17.3 Å². The topological polar surface area (TPSA) is 64.3 Å². The van der Waals surface area contributed by atoms with Gasteiger partial charge >= 0.3 is 0 Å². The molecule has 1 aliphatic rings. The molecule has 1 heterocycles. The van der Waals surface area contributed by atoms with Gasteiger partial charge in [0.2, 0.25) is 0 Å². The zero-order valence-electron chi connectivity index (χ0n) is 10.3. The number of hydrogen-bond acceptors (Lipinski definition) is 3. The van der Waals surface area contributed by atoms with Crippen LogP contribution >= 0.6 is 0 Å². The number of fused-ring (bicyclic) bond motifs is 1. The van der Waals surface area contributed by atoms with Crippen LogP contribution < -0.4 is 11.1 Å². The van der Waals surface area contributed by atoms with E-state index >= 15 is 0 Å². The van der Waals surface area contributed by atoms with Gasteiger partial charge in [0.15, 0.2) is 0 Å².